The first-order chi connectivity index (χ1) is 12.3. The zero-order chi connectivity index (χ0) is 16.8. The van der Waals surface area contributed by atoms with Gasteiger partial charge in [0.05, 0.1) is 0 Å². The molecule has 1 heteroatoms. The molecule has 1 aliphatic carbocycles. The lowest BCUT2D eigenvalue weighted by Crippen LogP contribution is -2.02. The van der Waals surface area contributed by atoms with Crippen molar-refractivity contribution in [2.75, 3.05) is 0 Å². The molecule has 1 aliphatic rings. The first-order valence-corrected chi connectivity index (χ1v) is 9.50. The third kappa shape index (κ3) is 2.34. The van der Waals surface area contributed by atoms with Crippen molar-refractivity contribution in [2.24, 2.45) is 0 Å². The van der Waals surface area contributed by atoms with E-state index in [0.717, 1.165) is 12.8 Å². The fourth-order valence-corrected chi connectivity index (χ4v) is 4.66. The van der Waals surface area contributed by atoms with E-state index < -0.39 is 0 Å². The lowest BCUT2D eigenvalue weighted by atomic mass is 9.83. The Labute approximate surface area is 155 Å². The number of hydrogen-bond acceptors (Lipinski definition) is 0. The Balaban J connectivity index is 1.86. The second-order valence-corrected chi connectivity index (χ2v) is 7.49. The highest BCUT2D eigenvalue weighted by Crippen LogP contribution is 2.41. The summed E-state index contributed by atoms with van der Waals surface area (Å²) in [7, 11) is 0. The molecule has 0 heterocycles. The summed E-state index contributed by atoms with van der Waals surface area (Å²) in [5.74, 6) is 0. The van der Waals surface area contributed by atoms with Crippen molar-refractivity contribution < 1.29 is 0 Å². The monoisotopic (exact) mass is 384 g/mol. The van der Waals surface area contributed by atoms with E-state index in [1.54, 1.807) is 0 Å². The largest absolute Gasteiger partial charge is 0.0616 e. The molecule has 0 bridgehead atoms. The number of aryl methyl sites for hydroxylation is 1. The van der Waals surface area contributed by atoms with Gasteiger partial charge < -0.3 is 0 Å². The molecule has 0 N–H and O–H groups in total. The van der Waals surface area contributed by atoms with Gasteiger partial charge in [-0.2, -0.15) is 0 Å². The van der Waals surface area contributed by atoms with Gasteiger partial charge in [0.25, 0.3) is 0 Å². The molecule has 4 aromatic rings. The van der Waals surface area contributed by atoms with Gasteiger partial charge in [-0.1, -0.05) is 88.7 Å². The van der Waals surface area contributed by atoms with Crippen LogP contribution in [-0.4, -0.2) is 0 Å². The van der Waals surface area contributed by atoms with E-state index >= 15 is 0 Å². The molecule has 0 saturated heterocycles. The fraction of sp³-hybridized carbons (Fsp3) is 0.0833. The summed E-state index contributed by atoms with van der Waals surface area (Å²) in [6, 6.07) is 26.2. The molecule has 4 aromatic carbocycles. The van der Waals surface area contributed by atoms with Gasteiger partial charge in [0.15, 0.2) is 0 Å². The Morgan fingerprint density at radius 3 is 1.96 bits per heavy atom. The van der Waals surface area contributed by atoms with Crippen molar-refractivity contribution in [1.82, 2.24) is 0 Å². The maximum absolute atomic E-state index is 3.72. The molecule has 0 nitrogen and oxygen atoms in total. The standard InChI is InChI=1S/C24H17Br/c25-24-12-6-5-7-17(24)16-13-14-22-20-10-2-1-8-18(20)19-9-3-4-11-21(19)23(22)15-16/h1-12,15H,13-14H2. The van der Waals surface area contributed by atoms with E-state index in [4.69, 9.17) is 0 Å². The Bertz CT molecular complexity index is 1150. The zero-order valence-corrected chi connectivity index (χ0v) is 15.4. The number of halogens is 1. The van der Waals surface area contributed by atoms with Crippen LogP contribution in [0.5, 0.6) is 0 Å². The van der Waals surface area contributed by atoms with Crippen molar-refractivity contribution in [3.05, 3.63) is 94.0 Å². The van der Waals surface area contributed by atoms with Gasteiger partial charge in [0, 0.05) is 4.47 Å². The van der Waals surface area contributed by atoms with E-state index in [1.807, 2.05) is 0 Å². The molecule has 120 valence electrons. The van der Waals surface area contributed by atoms with Gasteiger partial charge in [0.2, 0.25) is 0 Å². The van der Waals surface area contributed by atoms with Gasteiger partial charge in [0.1, 0.15) is 0 Å². The van der Waals surface area contributed by atoms with Crippen LogP contribution in [-0.2, 0) is 6.42 Å². The molecule has 0 atom stereocenters. The number of fused-ring (bicyclic) bond motifs is 6. The summed E-state index contributed by atoms with van der Waals surface area (Å²) in [5.41, 5.74) is 5.61. The Kier molecular flexibility index (Phi) is 3.50. The predicted molar refractivity (Wildman–Crippen MR) is 112 cm³/mol. The molecule has 0 radical (unpaired) electrons. The number of benzene rings is 4. The predicted octanol–water partition coefficient (Wildman–Crippen LogP) is 7.24. The Morgan fingerprint density at radius 2 is 1.20 bits per heavy atom. The molecular formula is C24H17Br. The van der Waals surface area contributed by atoms with Gasteiger partial charge in [-0.3, -0.25) is 0 Å². The Morgan fingerprint density at radius 1 is 0.600 bits per heavy atom. The lowest BCUT2D eigenvalue weighted by Gasteiger charge is -2.22. The summed E-state index contributed by atoms with van der Waals surface area (Å²) in [4.78, 5) is 0. The third-order valence-corrected chi connectivity index (χ3v) is 5.96. The van der Waals surface area contributed by atoms with Gasteiger partial charge in [-0.05, 0) is 62.7 Å². The maximum Gasteiger partial charge on any atom is 0.0250 e. The van der Waals surface area contributed by atoms with Crippen LogP contribution in [0.3, 0.4) is 0 Å². The van der Waals surface area contributed by atoms with Gasteiger partial charge in [-0.15, -0.1) is 0 Å². The molecule has 0 fully saturated rings. The van der Waals surface area contributed by atoms with Crippen LogP contribution in [0.25, 0.3) is 33.2 Å². The highest BCUT2D eigenvalue weighted by Gasteiger charge is 2.18. The normalized spacial score (nSPS) is 13.7. The van der Waals surface area contributed by atoms with Crippen LogP contribution in [0, 0.1) is 0 Å². The summed E-state index contributed by atoms with van der Waals surface area (Å²) < 4.78 is 1.18. The Hall–Kier alpha value is -2.38. The average Bonchev–Trinajstić information content (AvgIpc) is 2.68. The van der Waals surface area contributed by atoms with Gasteiger partial charge >= 0.3 is 0 Å². The van der Waals surface area contributed by atoms with Crippen LogP contribution in [0.2, 0.25) is 0 Å². The molecule has 5 rings (SSSR count). The number of allylic oxidation sites excluding steroid dienone is 1. The van der Waals surface area contributed by atoms with Crippen molar-refractivity contribution in [1.29, 1.82) is 0 Å². The van der Waals surface area contributed by atoms with E-state index in [2.05, 4.69) is 94.8 Å². The molecule has 0 amide bonds. The third-order valence-electron chi connectivity index (χ3n) is 5.27. The SMILES string of the molecule is Brc1ccccc1C1=Cc2c(c3ccccc3c3ccccc23)CC1. The minimum atomic E-state index is 1.08. The second kappa shape index (κ2) is 5.86. The first-order valence-electron chi connectivity index (χ1n) is 8.71. The van der Waals surface area contributed by atoms with Crippen LogP contribution in [0.1, 0.15) is 23.1 Å². The van der Waals surface area contributed by atoms with Crippen molar-refractivity contribution in [2.45, 2.75) is 12.8 Å². The lowest BCUT2D eigenvalue weighted by molar-refractivity contribution is 1.02. The van der Waals surface area contributed by atoms with Crippen molar-refractivity contribution in [3.8, 4) is 0 Å². The summed E-state index contributed by atoms with van der Waals surface area (Å²) in [5, 5.41) is 5.48. The topological polar surface area (TPSA) is 0 Å². The minimum absolute atomic E-state index is 1.08. The zero-order valence-electron chi connectivity index (χ0n) is 13.8. The van der Waals surface area contributed by atoms with Crippen LogP contribution in [0.4, 0.5) is 0 Å². The number of hydrogen-bond donors (Lipinski definition) is 0. The van der Waals surface area contributed by atoms with Crippen molar-refractivity contribution in [3.63, 3.8) is 0 Å². The highest BCUT2D eigenvalue weighted by atomic mass is 79.9. The highest BCUT2D eigenvalue weighted by molar-refractivity contribution is 9.10. The molecule has 0 unspecified atom stereocenters. The molecular weight excluding hydrogens is 368 g/mol. The summed E-state index contributed by atoms with van der Waals surface area (Å²) >= 11 is 3.72. The summed E-state index contributed by atoms with van der Waals surface area (Å²) in [6.07, 6.45) is 4.58. The molecule has 25 heavy (non-hydrogen) atoms. The fourth-order valence-electron chi connectivity index (χ4n) is 4.12. The van der Waals surface area contributed by atoms with E-state index in [-0.39, 0.29) is 0 Å². The maximum atomic E-state index is 3.72. The van der Waals surface area contributed by atoms with Crippen LogP contribution in [0.15, 0.2) is 77.3 Å². The van der Waals surface area contributed by atoms with Gasteiger partial charge in [-0.25, -0.2) is 0 Å². The molecule has 0 aliphatic heterocycles. The van der Waals surface area contributed by atoms with Crippen LogP contribution < -0.4 is 0 Å². The van der Waals surface area contributed by atoms with E-state index in [9.17, 15) is 0 Å². The quantitative estimate of drug-likeness (QED) is 0.303. The number of rotatable bonds is 1. The molecule has 0 spiro atoms. The smallest absolute Gasteiger partial charge is 0.0250 e. The molecule has 0 saturated carbocycles. The minimum Gasteiger partial charge on any atom is -0.0616 e. The van der Waals surface area contributed by atoms with Crippen LogP contribution >= 0.6 is 15.9 Å². The summed E-state index contributed by atoms with van der Waals surface area (Å²) in [6.45, 7) is 0. The molecule has 0 aromatic heterocycles. The van der Waals surface area contributed by atoms with E-state index in [1.165, 1.54) is 48.3 Å². The van der Waals surface area contributed by atoms with E-state index in [0.29, 0.717) is 0 Å². The second-order valence-electron chi connectivity index (χ2n) is 6.63. The van der Waals surface area contributed by atoms with Crippen molar-refractivity contribution >= 4 is 49.1 Å². The average molecular weight is 385 g/mol. The first kappa shape index (κ1) is 14.9.